The molecule has 1 atom stereocenters. The summed E-state index contributed by atoms with van der Waals surface area (Å²) in [5.41, 5.74) is 0.780. The molecule has 5 heteroatoms. The summed E-state index contributed by atoms with van der Waals surface area (Å²) >= 11 is 7.91. The minimum atomic E-state index is -0.214. The van der Waals surface area contributed by atoms with Crippen molar-refractivity contribution in [2.24, 2.45) is 0 Å². The number of nitrogens with one attached hydrogen (secondary N) is 2. The number of benzene rings is 1. The maximum absolute atomic E-state index is 11.5. The Balaban J connectivity index is 2.48. The van der Waals surface area contributed by atoms with E-state index in [1.165, 1.54) is 0 Å². The molecule has 0 aliphatic heterocycles. The number of hydrogen-bond donors (Lipinski definition) is 2. The van der Waals surface area contributed by atoms with E-state index in [9.17, 15) is 4.79 Å². The van der Waals surface area contributed by atoms with Gasteiger partial charge >= 0.3 is 6.03 Å². The number of carbonyl (C=O) groups excluding carboxylic acids is 1. The minimum Gasteiger partial charge on any atom is -0.334 e. The molecule has 1 aromatic carbocycles. The van der Waals surface area contributed by atoms with Gasteiger partial charge in [-0.25, -0.2) is 4.79 Å². The van der Waals surface area contributed by atoms with E-state index in [2.05, 4.69) is 33.2 Å². The zero-order chi connectivity index (χ0) is 12.0. The zero-order valence-electron chi connectivity index (χ0n) is 8.97. The number of rotatable bonds is 4. The molecule has 2 N–H and O–H groups in total. The predicted molar refractivity (Wildman–Crippen MR) is 76.1 cm³/mol. The van der Waals surface area contributed by atoms with Crippen molar-refractivity contribution >= 4 is 45.9 Å². The molecule has 0 bridgehead atoms. The van der Waals surface area contributed by atoms with Gasteiger partial charge in [-0.05, 0) is 53.3 Å². The van der Waals surface area contributed by atoms with Gasteiger partial charge in [0.2, 0.25) is 0 Å². The zero-order valence-corrected chi connectivity index (χ0v) is 11.9. The smallest absolute Gasteiger partial charge is 0.319 e. The van der Waals surface area contributed by atoms with Gasteiger partial charge in [0.05, 0.1) is 0 Å². The summed E-state index contributed by atoms with van der Waals surface area (Å²) in [7, 11) is 0. The lowest BCUT2D eigenvalue weighted by Gasteiger charge is -2.14. The van der Waals surface area contributed by atoms with Crippen molar-refractivity contribution in [1.82, 2.24) is 5.32 Å². The summed E-state index contributed by atoms with van der Waals surface area (Å²) < 4.78 is 1.13. The van der Waals surface area contributed by atoms with Crippen LogP contribution in [0.5, 0.6) is 0 Å². The van der Waals surface area contributed by atoms with E-state index in [1.807, 2.05) is 31.2 Å². The number of anilines is 1. The molecule has 2 amide bonds. The van der Waals surface area contributed by atoms with E-state index in [-0.39, 0.29) is 12.1 Å². The van der Waals surface area contributed by atoms with Crippen molar-refractivity contribution in [3.8, 4) is 0 Å². The quantitative estimate of drug-likeness (QED) is 0.632. The lowest BCUT2D eigenvalue weighted by molar-refractivity contribution is 0.249. The van der Waals surface area contributed by atoms with Crippen LogP contribution >= 0.6 is 34.2 Å². The molecule has 1 rings (SSSR count). The Morgan fingerprint density at radius 2 is 2.06 bits per heavy atom. The van der Waals surface area contributed by atoms with E-state index < -0.39 is 0 Å². The molecule has 0 heterocycles. The third-order valence-electron chi connectivity index (χ3n) is 2.12. The molecule has 0 unspecified atom stereocenters. The molecule has 0 spiro atoms. The molecule has 1 aromatic rings. The normalized spacial score (nSPS) is 11.9. The summed E-state index contributed by atoms with van der Waals surface area (Å²) in [6.45, 7) is 1.98. The number of hydrogen-bond acceptors (Lipinski definition) is 1. The second-order valence-corrected chi connectivity index (χ2v) is 4.92. The summed E-state index contributed by atoms with van der Waals surface area (Å²) in [5.74, 6) is 0.427. The van der Waals surface area contributed by atoms with Crippen molar-refractivity contribution in [2.75, 3.05) is 11.2 Å². The van der Waals surface area contributed by atoms with Crippen molar-refractivity contribution in [2.45, 2.75) is 19.4 Å². The summed E-state index contributed by atoms with van der Waals surface area (Å²) in [6.07, 6.45) is 0.823. The highest BCUT2D eigenvalue weighted by atomic mass is 127. The topological polar surface area (TPSA) is 41.1 Å². The molecule has 0 fully saturated rings. The lowest BCUT2D eigenvalue weighted by Crippen LogP contribution is -2.38. The molecular formula is C11H14ClIN2O. The van der Waals surface area contributed by atoms with E-state index in [0.29, 0.717) is 5.88 Å². The largest absolute Gasteiger partial charge is 0.334 e. The van der Waals surface area contributed by atoms with Crippen LogP contribution in [0.3, 0.4) is 0 Å². The maximum Gasteiger partial charge on any atom is 0.319 e. The predicted octanol–water partition coefficient (Wildman–Crippen LogP) is 3.43. The second-order valence-electron chi connectivity index (χ2n) is 3.36. The first-order valence-corrected chi connectivity index (χ1v) is 6.66. The second kappa shape index (κ2) is 6.96. The fourth-order valence-electron chi connectivity index (χ4n) is 1.14. The highest BCUT2D eigenvalue weighted by molar-refractivity contribution is 14.1. The Morgan fingerprint density at radius 1 is 1.44 bits per heavy atom. The van der Waals surface area contributed by atoms with Crippen molar-refractivity contribution < 1.29 is 4.79 Å². The molecule has 0 aliphatic rings. The highest BCUT2D eigenvalue weighted by Crippen LogP contribution is 2.10. The van der Waals surface area contributed by atoms with Crippen molar-refractivity contribution in [3.63, 3.8) is 0 Å². The van der Waals surface area contributed by atoms with Crippen LogP contribution in [-0.2, 0) is 0 Å². The summed E-state index contributed by atoms with van der Waals surface area (Å²) in [6, 6.07) is 7.41. The lowest BCUT2D eigenvalue weighted by atomic mass is 10.2. The first-order chi connectivity index (χ1) is 7.65. The minimum absolute atomic E-state index is 0.0190. The molecule has 16 heavy (non-hydrogen) atoms. The molecule has 0 saturated heterocycles. The maximum atomic E-state index is 11.5. The van der Waals surface area contributed by atoms with Crippen LogP contribution in [0.4, 0.5) is 10.5 Å². The number of halogens is 2. The number of carbonyl (C=O) groups is 1. The fraction of sp³-hybridized carbons (Fsp3) is 0.364. The van der Waals surface area contributed by atoms with Gasteiger partial charge in [-0.3, -0.25) is 0 Å². The van der Waals surface area contributed by atoms with E-state index >= 15 is 0 Å². The average molecular weight is 353 g/mol. The van der Waals surface area contributed by atoms with Crippen LogP contribution in [0.15, 0.2) is 24.3 Å². The first-order valence-electron chi connectivity index (χ1n) is 5.04. The van der Waals surface area contributed by atoms with Crippen LogP contribution in [0.1, 0.15) is 13.3 Å². The molecule has 0 aromatic heterocycles. The van der Waals surface area contributed by atoms with Gasteiger partial charge < -0.3 is 10.6 Å². The standard InChI is InChI=1S/C11H14ClIN2O/c1-2-9(7-12)14-11(16)15-10-5-3-8(13)4-6-10/h3-6,9H,2,7H2,1H3,(H2,14,15,16)/t9-/m1/s1. The van der Waals surface area contributed by atoms with Crippen molar-refractivity contribution in [3.05, 3.63) is 27.8 Å². The Hall–Kier alpha value is -0.490. The fourth-order valence-corrected chi connectivity index (χ4v) is 1.79. The van der Waals surface area contributed by atoms with Crippen LogP contribution in [0, 0.1) is 3.57 Å². The molecule has 0 radical (unpaired) electrons. The summed E-state index contributed by atoms with van der Waals surface area (Å²) in [4.78, 5) is 11.5. The third-order valence-corrected chi connectivity index (χ3v) is 3.21. The average Bonchev–Trinajstić information content (AvgIpc) is 2.29. The third kappa shape index (κ3) is 4.57. The Labute approximate surface area is 114 Å². The van der Waals surface area contributed by atoms with Gasteiger partial charge in [-0.15, -0.1) is 11.6 Å². The van der Waals surface area contributed by atoms with Gasteiger partial charge in [0.25, 0.3) is 0 Å². The van der Waals surface area contributed by atoms with Crippen LogP contribution in [-0.4, -0.2) is 18.0 Å². The number of alkyl halides is 1. The van der Waals surface area contributed by atoms with Crippen LogP contribution < -0.4 is 10.6 Å². The molecule has 0 aliphatic carbocycles. The van der Waals surface area contributed by atoms with Crippen LogP contribution in [0.2, 0.25) is 0 Å². The van der Waals surface area contributed by atoms with Gasteiger partial charge in [0.1, 0.15) is 0 Å². The van der Waals surface area contributed by atoms with E-state index in [0.717, 1.165) is 15.7 Å². The summed E-state index contributed by atoms with van der Waals surface area (Å²) in [5, 5.41) is 5.55. The van der Waals surface area contributed by atoms with E-state index in [4.69, 9.17) is 11.6 Å². The monoisotopic (exact) mass is 352 g/mol. The van der Waals surface area contributed by atoms with Gasteiger partial charge in [0.15, 0.2) is 0 Å². The van der Waals surface area contributed by atoms with Gasteiger partial charge in [0, 0.05) is 21.2 Å². The Kier molecular flexibility index (Phi) is 5.90. The molecule has 88 valence electrons. The SMILES string of the molecule is CC[C@H](CCl)NC(=O)Nc1ccc(I)cc1. The van der Waals surface area contributed by atoms with Crippen LogP contribution in [0.25, 0.3) is 0 Å². The number of urea groups is 1. The number of amides is 2. The molecule has 0 saturated carbocycles. The molecular weight excluding hydrogens is 338 g/mol. The van der Waals surface area contributed by atoms with Gasteiger partial charge in [-0.1, -0.05) is 6.92 Å². The Bertz CT molecular complexity index is 338. The highest BCUT2D eigenvalue weighted by Gasteiger charge is 2.08. The van der Waals surface area contributed by atoms with E-state index in [1.54, 1.807) is 0 Å². The van der Waals surface area contributed by atoms with Gasteiger partial charge in [-0.2, -0.15) is 0 Å². The van der Waals surface area contributed by atoms with Crippen molar-refractivity contribution in [1.29, 1.82) is 0 Å². The molecule has 3 nitrogen and oxygen atoms in total. The first kappa shape index (κ1) is 13.6. The Morgan fingerprint density at radius 3 is 2.56 bits per heavy atom.